The average molecular weight is 524 g/mol. The van der Waals surface area contributed by atoms with Crippen LogP contribution in [0, 0.1) is 0 Å². The molecule has 0 aliphatic carbocycles. The van der Waals surface area contributed by atoms with Crippen molar-refractivity contribution in [1.29, 1.82) is 0 Å². The molecule has 6 nitrogen and oxygen atoms in total. The predicted molar refractivity (Wildman–Crippen MR) is 61.0 cm³/mol. The van der Waals surface area contributed by atoms with Crippen LogP contribution in [-0.2, 0) is 29.9 Å². The van der Waals surface area contributed by atoms with E-state index in [0.717, 1.165) is 0 Å². The second-order valence-corrected chi connectivity index (χ2v) is 7.45. The van der Waals surface area contributed by atoms with E-state index < -0.39 is 61.0 Å². The van der Waals surface area contributed by atoms with Crippen molar-refractivity contribution in [3.05, 3.63) is 12.6 Å². The summed E-state index contributed by atoms with van der Waals surface area (Å²) in [6.07, 6.45) is -15.0. The lowest BCUT2D eigenvalue weighted by molar-refractivity contribution is -0.492. The van der Waals surface area contributed by atoms with E-state index in [4.69, 9.17) is 0 Å². The van der Waals surface area contributed by atoms with Gasteiger partial charge in [0, 0.05) is 0 Å². The van der Waals surface area contributed by atoms with E-state index in [1.807, 2.05) is 0 Å². The first-order valence-electron chi connectivity index (χ1n) is 5.82. The fourth-order valence-corrected chi connectivity index (χ4v) is 2.25. The van der Waals surface area contributed by atoms with Crippen LogP contribution in [0.15, 0.2) is 12.6 Å². The summed E-state index contributed by atoms with van der Waals surface area (Å²) in [5.74, 6) is -15.9. The summed E-state index contributed by atoms with van der Waals surface area (Å²) >= 11 is 0. The highest BCUT2D eigenvalue weighted by Crippen LogP contribution is 2.57. The van der Waals surface area contributed by atoms with Crippen LogP contribution in [0.3, 0.4) is 0 Å². The van der Waals surface area contributed by atoms with Crippen LogP contribution in [0.2, 0.25) is 0 Å². The van der Waals surface area contributed by atoms with E-state index in [2.05, 4.69) is 4.74 Å². The summed E-state index contributed by atoms with van der Waals surface area (Å²) in [5, 5.41) is -15.9. The predicted octanol–water partition coefficient (Wildman–Crippen LogP) is 3.73. The molecule has 0 atom stereocenters. The third-order valence-corrected chi connectivity index (χ3v) is 4.35. The van der Waals surface area contributed by atoms with Crippen molar-refractivity contribution in [1.82, 2.24) is 0 Å². The lowest BCUT2D eigenvalue weighted by Gasteiger charge is -2.38. The summed E-state index contributed by atoms with van der Waals surface area (Å²) in [6.45, 7) is 1.69. The van der Waals surface area contributed by atoms with Crippen molar-refractivity contribution in [2.75, 3.05) is 0 Å². The molecule has 0 aromatic carbocycles. The Bertz CT molecular complexity index is 849. The molecule has 0 spiro atoms. The van der Waals surface area contributed by atoms with Gasteiger partial charge in [0.25, 0.3) is 6.01 Å². The molecule has 0 N–H and O–H groups in total. The first-order chi connectivity index (χ1) is 12.6. The number of hydrogen-bond donors (Lipinski definition) is 0. The third-order valence-electron chi connectivity index (χ3n) is 2.60. The second-order valence-electron chi connectivity index (χ2n) is 4.67. The SMILES string of the molecule is C=C(F)OC(F)(F)C(F)(F)C(F)(F)OC(F)(C(F)(F)S(=O)(=O)F)C(F)(F)S(=O)(=O)F. The molecule has 0 radical (unpaired) electrons. The maximum absolute atomic E-state index is 13.9. The van der Waals surface area contributed by atoms with Gasteiger partial charge in [-0.15, -0.1) is 0 Å². The molecule has 0 aliphatic rings. The van der Waals surface area contributed by atoms with Gasteiger partial charge in [0.15, 0.2) is 0 Å². The fourth-order valence-electron chi connectivity index (χ4n) is 1.22. The zero-order valence-electron chi connectivity index (χ0n) is 12.8. The normalized spacial score (nSPS) is 15.8. The molecule has 0 saturated heterocycles. The summed E-state index contributed by atoms with van der Waals surface area (Å²) in [4.78, 5) is 0. The van der Waals surface area contributed by atoms with Crippen molar-refractivity contribution in [2.24, 2.45) is 0 Å². The van der Waals surface area contributed by atoms with Gasteiger partial charge in [-0.05, 0) is 6.58 Å². The summed E-state index contributed by atoms with van der Waals surface area (Å²) in [7, 11) is -16.8. The Balaban J connectivity index is 6.99. The summed E-state index contributed by atoms with van der Waals surface area (Å²) in [5.41, 5.74) is 0. The first-order valence-corrected chi connectivity index (χ1v) is 8.59. The van der Waals surface area contributed by atoms with Crippen LogP contribution in [0.5, 0.6) is 0 Å². The highest BCUT2D eigenvalue weighted by molar-refractivity contribution is 7.88. The first kappa shape index (κ1) is 28.4. The molecule has 0 aromatic rings. The molecule has 0 fully saturated rings. The summed E-state index contributed by atoms with van der Waals surface area (Å²) in [6, 6.07) is -3.03. The van der Waals surface area contributed by atoms with Gasteiger partial charge in [-0.1, -0.05) is 7.77 Å². The minimum Gasteiger partial charge on any atom is -0.402 e. The highest BCUT2D eigenvalue weighted by Gasteiger charge is 2.88. The number of rotatable bonds is 10. The van der Waals surface area contributed by atoms with Crippen LogP contribution >= 0.6 is 0 Å². The summed E-state index contributed by atoms with van der Waals surface area (Å²) < 4.78 is 226. The molecule has 0 rings (SSSR count). The van der Waals surface area contributed by atoms with Crippen molar-refractivity contribution < 1.29 is 86.8 Å². The average Bonchev–Trinajstić information content (AvgIpc) is 2.41. The van der Waals surface area contributed by atoms with Gasteiger partial charge in [0.05, 0.1) is 0 Å². The van der Waals surface area contributed by atoms with Crippen LogP contribution in [0.4, 0.5) is 60.5 Å². The van der Waals surface area contributed by atoms with Gasteiger partial charge in [0.1, 0.15) is 0 Å². The number of hydrogen-bond acceptors (Lipinski definition) is 6. The molecule has 0 heterocycles. The molecule has 22 heteroatoms. The fraction of sp³-hybridized carbons (Fsp3) is 0.750. The Hall–Kier alpha value is -1.58. The molecule has 0 amide bonds. The van der Waals surface area contributed by atoms with Crippen molar-refractivity contribution in [2.45, 2.75) is 34.5 Å². The van der Waals surface area contributed by atoms with Gasteiger partial charge in [0.2, 0.25) is 0 Å². The van der Waals surface area contributed by atoms with Gasteiger partial charge in [-0.25, -0.2) is 0 Å². The van der Waals surface area contributed by atoms with E-state index in [9.17, 15) is 77.3 Å². The van der Waals surface area contributed by atoms with E-state index in [0.29, 0.717) is 0 Å². The van der Waals surface area contributed by atoms with Gasteiger partial charge in [-0.2, -0.15) is 69.5 Å². The molecular formula is C8H2F14O6S2. The lowest BCUT2D eigenvalue weighted by atomic mass is 10.2. The molecule has 0 saturated carbocycles. The van der Waals surface area contributed by atoms with Crippen molar-refractivity contribution >= 4 is 20.4 Å². The van der Waals surface area contributed by atoms with Crippen LogP contribution < -0.4 is 0 Å². The number of halogens is 14. The molecule has 0 aliphatic heterocycles. The molecular weight excluding hydrogens is 522 g/mol. The lowest BCUT2D eigenvalue weighted by Crippen LogP contribution is -2.68. The second kappa shape index (κ2) is 7.24. The Kier molecular flexibility index (Phi) is 6.86. The maximum atomic E-state index is 13.9. The van der Waals surface area contributed by atoms with Gasteiger partial charge >= 0.3 is 55.0 Å². The number of alkyl halides is 11. The standard InChI is InChI=1S/C8H2F14O6S2/c1-2(9)27-5(13,14)3(10,11)6(15,16)28-4(12,7(17,18)29(21,23)24)8(19,20)30(22,25)26/h1H2. The van der Waals surface area contributed by atoms with Crippen LogP contribution in [-0.4, -0.2) is 51.3 Å². The minimum atomic E-state index is -8.39. The highest BCUT2D eigenvalue weighted by atomic mass is 32.3. The molecule has 0 aromatic heterocycles. The zero-order valence-corrected chi connectivity index (χ0v) is 14.4. The van der Waals surface area contributed by atoms with Crippen LogP contribution in [0.1, 0.15) is 0 Å². The minimum absolute atomic E-state index is 1.34. The Morgan fingerprint density at radius 3 is 1.20 bits per heavy atom. The molecule has 0 unspecified atom stereocenters. The Morgan fingerprint density at radius 1 is 0.667 bits per heavy atom. The zero-order chi connectivity index (χ0) is 25.0. The quantitative estimate of drug-likeness (QED) is 0.246. The van der Waals surface area contributed by atoms with E-state index in [-0.39, 0.29) is 0 Å². The third kappa shape index (κ3) is 4.24. The topological polar surface area (TPSA) is 86.7 Å². The van der Waals surface area contributed by atoms with Crippen molar-refractivity contribution in [3.8, 4) is 0 Å². The molecule has 0 bridgehead atoms. The smallest absolute Gasteiger partial charge is 0.402 e. The Morgan fingerprint density at radius 2 is 0.967 bits per heavy atom. The van der Waals surface area contributed by atoms with Gasteiger partial charge in [-0.3, -0.25) is 4.74 Å². The van der Waals surface area contributed by atoms with Gasteiger partial charge < -0.3 is 4.74 Å². The molecule has 180 valence electrons. The largest absolute Gasteiger partial charge is 0.475 e. The van der Waals surface area contributed by atoms with E-state index in [1.165, 1.54) is 4.74 Å². The van der Waals surface area contributed by atoms with Crippen molar-refractivity contribution in [3.63, 3.8) is 0 Å². The van der Waals surface area contributed by atoms with Crippen LogP contribution in [0.25, 0.3) is 0 Å². The van der Waals surface area contributed by atoms with E-state index >= 15 is 0 Å². The maximum Gasteiger partial charge on any atom is 0.475 e. The number of ether oxygens (including phenoxy) is 2. The Labute approximate surface area is 155 Å². The molecule has 30 heavy (non-hydrogen) atoms. The monoisotopic (exact) mass is 524 g/mol. The van der Waals surface area contributed by atoms with E-state index in [1.54, 1.807) is 6.58 Å².